The minimum absolute atomic E-state index is 0. The number of methoxy groups -OCH3 is 1. The summed E-state index contributed by atoms with van der Waals surface area (Å²) in [4.78, 5) is 30.9. The van der Waals surface area contributed by atoms with Crippen LogP contribution in [0, 0.1) is 5.92 Å². The van der Waals surface area contributed by atoms with Gasteiger partial charge in [-0.15, -0.1) is 12.4 Å². The third-order valence-corrected chi connectivity index (χ3v) is 3.79. The van der Waals surface area contributed by atoms with Gasteiger partial charge in [-0.25, -0.2) is 9.78 Å². The molecule has 2 heterocycles. The van der Waals surface area contributed by atoms with E-state index in [-0.39, 0.29) is 35.9 Å². The van der Waals surface area contributed by atoms with E-state index in [9.17, 15) is 9.59 Å². The van der Waals surface area contributed by atoms with Crippen molar-refractivity contribution in [1.29, 1.82) is 0 Å². The van der Waals surface area contributed by atoms with Crippen LogP contribution >= 0.6 is 12.4 Å². The molecule has 20 heavy (non-hydrogen) atoms. The molecule has 1 saturated carbocycles. The fourth-order valence-corrected chi connectivity index (χ4v) is 2.85. The Hall–Kier alpha value is -1.82. The summed E-state index contributed by atoms with van der Waals surface area (Å²) in [5.41, 5.74) is 0.384. The topological polar surface area (TPSA) is 76.5 Å². The first-order valence-electron chi connectivity index (χ1n) is 6.36. The molecular formula is C13H16ClN3O3. The lowest BCUT2D eigenvalue weighted by Gasteiger charge is -2.16. The normalized spacial score (nSPS) is 21.6. The highest BCUT2D eigenvalue weighted by molar-refractivity contribution is 5.85. The van der Waals surface area contributed by atoms with Crippen LogP contribution in [0.4, 0.5) is 0 Å². The highest BCUT2D eigenvalue weighted by atomic mass is 35.5. The van der Waals surface area contributed by atoms with Gasteiger partial charge in [-0.2, -0.15) is 0 Å². The van der Waals surface area contributed by atoms with Crippen LogP contribution in [0.3, 0.4) is 0 Å². The van der Waals surface area contributed by atoms with E-state index >= 15 is 0 Å². The molecule has 108 valence electrons. The van der Waals surface area contributed by atoms with Gasteiger partial charge < -0.3 is 4.74 Å². The van der Waals surface area contributed by atoms with Gasteiger partial charge in [0.2, 0.25) is 0 Å². The zero-order chi connectivity index (χ0) is 13.4. The van der Waals surface area contributed by atoms with E-state index in [2.05, 4.69) is 9.97 Å². The van der Waals surface area contributed by atoms with Gasteiger partial charge in [0, 0.05) is 12.1 Å². The summed E-state index contributed by atoms with van der Waals surface area (Å²) < 4.78 is 6.27. The first-order valence-corrected chi connectivity index (χ1v) is 6.36. The monoisotopic (exact) mass is 297 g/mol. The standard InChI is InChI=1S/C13H15N3O3.ClH/c1-19-12(17)9-5-2-4-8(9)11-14-10-6-3-7-16(10)13(18)15-11;/h3,6-9H,2,4-5H2,1H3,(H,14,15,18);1H. The van der Waals surface area contributed by atoms with Gasteiger partial charge in [0.05, 0.1) is 13.0 Å². The summed E-state index contributed by atoms with van der Waals surface area (Å²) in [6, 6.07) is 3.55. The van der Waals surface area contributed by atoms with E-state index in [0.717, 1.165) is 19.3 Å². The summed E-state index contributed by atoms with van der Waals surface area (Å²) in [5.74, 6) is 0.107. The Bertz CT molecular complexity index is 679. The molecule has 7 heteroatoms. The Kier molecular flexibility index (Phi) is 4.13. The predicted molar refractivity (Wildman–Crippen MR) is 75.2 cm³/mol. The largest absolute Gasteiger partial charge is 0.469 e. The van der Waals surface area contributed by atoms with E-state index in [4.69, 9.17) is 4.74 Å². The van der Waals surface area contributed by atoms with Crippen molar-refractivity contribution in [1.82, 2.24) is 14.4 Å². The molecule has 1 aliphatic rings. The average molecular weight is 298 g/mol. The molecule has 0 aliphatic heterocycles. The van der Waals surface area contributed by atoms with Gasteiger partial charge in [0.1, 0.15) is 11.5 Å². The van der Waals surface area contributed by atoms with Crippen molar-refractivity contribution in [2.45, 2.75) is 25.2 Å². The summed E-state index contributed by atoms with van der Waals surface area (Å²) in [7, 11) is 1.39. The minimum atomic E-state index is -0.222. The molecule has 3 rings (SSSR count). The fourth-order valence-electron chi connectivity index (χ4n) is 2.85. The number of aromatic nitrogens is 3. The van der Waals surface area contributed by atoms with Crippen LogP contribution in [0.1, 0.15) is 31.0 Å². The number of carbonyl (C=O) groups excluding carboxylic acids is 1. The first-order chi connectivity index (χ1) is 9.20. The Balaban J connectivity index is 0.00000147. The average Bonchev–Trinajstić information content (AvgIpc) is 3.05. The zero-order valence-electron chi connectivity index (χ0n) is 11.0. The molecule has 0 aromatic carbocycles. The number of hydrogen-bond acceptors (Lipinski definition) is 4. The molecule has 2 aromatic rings. The molecule has 0 bridgehead atoms. The maximum atomic E-state index is 11.9. The molecule has 0 saturated heterocycles. The number of fused-ring (bicyclic) bond motifs is 1. The smallest absolute Gasteiger partial charge is 0.332 e. The third-order valence-electron chi connectivity index (χ3n) is 3.79. The van der Waals surface area contributed by atoms with Crippen LogP contribution in [0.5, 0.6) is 0 Å². The van der Waals surface area contributed by atoms with Crippen LogP contribution in [0.25, 0.3) is 5.65 Å². The van der Waals surface area contributed by atoms with E-state index in [1.54, 1.807) is 18.3 Å². The number of nitrogens with one attached hydrogen (secondary N) is 1. The van der Waals surface area contributed by atoms with Gasteiger partial charge in [0.25, 0.3) is 0 Å². The number of esters is 1. The second-order valence-corrected chi connectivity index (χ2v) is 4.83. The number of aromatic amines is 1. The van der Waals surface area contributed by atoms with Crippen molar-refractivity contribution in [3.05, 3.63) is 34.6 Å². The minimum Gasteiger partial charge on any atom is -0.469 e. The molecule has 1 fully saturated rings. The highest BCUT2D eigenvalue weighted by Crippen LogP contribution is 2.38. The van der Waals surface area contributed by atoms with Crippen molar-refractivity contribution in [3.8, 4) is 0 Å². The Morgan fingerprint density at radius 2 is 2.30 bits per heavy atom. The fraction of sp³-hybridized carbons (Fsp3) is 0.462. The SMILES string of the molecule is COC(=O)C1CCCC1c1nc2cccn2c(=O)[nH]1.Cl. The van der Waals surface area contributed by atoms with Crippen molar-refractivity contribution >= 4 is 24.0 Å². The molecule has 2 atom stereocenters. The second-order valence-electron chi connectivity index (χ2n) is 4.83. The van der Waals surface area contributed by atoms with Crippen LogP contribution in [-0.2, 0) is 9.53 Å². The molecular weight excluding hydrogens is 282 g/mol. The quantitative estimate of drug-likeness (QED) is 0.852. The lowest BCUT2D eigenvalue weighted by molar-refractivity contribution is -0.145. The van der Waals surface area contributed by atoms with Gasteiger partial charge in [-0.3, -0.25) is 14.2 Å². The van der Waals surface area contributed by atoms with Crippen molar-refractivity contribution in [2.75, 3.05) is 7.11 Å². The zero-order valence-corrected chi connectivity index (χ0v) is 11.9. The maximum Gasteiger partial charge on any atom is 0.332 e. The number of H-pyrrole nitrogens is 1. The molecule has 1 aliphatic carbocycles. The Labute approximate surface area is 121 Å². The second kappa shape index (κ2) is 5.66. The van der Waals surface area contributed by atoms with E-state index < -0.39 is 0 Å². The number of ether oxygens (including phenoxy) is 1. The summed E-state index contributed by atoms with van der Waals surface area (Å²) in [6.07, 6.45) is 4.24. The van der Waals surface area contributed by atoms with Gasteiger partial charge in [0.15, 0.2) is 0 Å². The molecule has 1 N–H and O–H groups in total. The van der Waals surface area contributed by atoms with Crippen molar-refractivity contribution in [3.63, 3.8) is 0 Å². The van der Waals surface area contributed by atoms with Crippen molar-refractivity contribution < 1.29 is 9.53 Å². The number of rotatable bonds is 2. The summed E-state index contributed by atoms with van der Waals surface area (Å²) in [5, 5.41) is 0. The Morgan fingerprint density at radius 1 is 1.50 bits per heavy atom. The third kappa shape index (κ3) is 2.31. The molecule has 0 radical (unpaired) electrons. The van der Waals surface area contributed by atoms with E-state index in [0.29, 0.717) is 11.5 Å². The number of nitrogens with zero attached hydrogens (tertiary/aromatic N) is 2. The number of carbonyl (C=O) groups is 1. The van der Waals surface area contributed by atoms with Crippen molar-refractivity contribution in [2.24, 2.45) is 5.92 Å². The highest BCUT2D eigenvalue weighted by Gasteiger charge is 2.36. The van der Waals surface area contributed by atoms with Gasteiger partial charge in [-0.1, -0.05) is 6.42 Å². The van der Waals surface area contributed by atoms with Gasteiger partial charge >= 0.3 is 11.7 Å². The summed E-state index contributed by atoms with van der Waals surface area (Å²) in [6.45, 7) is 0. The van der Waals surface area contributed by atoms with Crippen LogP contribution in [0.15, 0.2) is 23.1 Å². The van der Waals surface area contributed by atoms with Crippen LogP contribution < -0.4 is 5.69 Å². The predicted octanol–water partition coefficient (Wildman–Crippen LogP) is 1.50. The lowest BCUT2D eigenvalue weighted by atomic mass is 9.95. The summed E-state index contributed by atoms with van der Waals surface area (Å²) >= 11 is 0. The number of halogens is 1. The molecule has 2 unspecified atom stereocenters. The molecule has 0 spiro atoms. The molecule has 0 amide bonds. The first kappa shape index (κ1) is 14.6. The number of hydrogen-bond donors (Lipinski definition) is 1. The van der Waals surface area contributed by atoms with Gasteiger partial charge in [-0.05, 0) is 25.0 Å². The molecule has 6 nitrogen and oxygen atoms in total. The van der Waals surface area contributed by atoms with Crippen LogP contribution in [0.2, 0.25) is 0 Å². The molecule has 2 aromatic heterocycles. The Morgan fingerprint density at radius 3 is 3.05 bits per heavy atom. The van der Waals surface area contributed by atoms with E-state index in [1.165, 1.54) is 11.5 Å². The van der Waals surface area contributed by atoms with E-state index in [1.807, 2.05) is 0 Å². The maximum absolute atomic E-state index is 11.9. The lowest BCUT2D eigenvalue weighted by Crippen LogP contribution is -2.25. The van der Waals surface area contributed by atoms with Crippen LogP contribution in [-0.4, -0.2) is 27.4 Å².